The van der Waals surface area contributed by atoms with E-state index in [4.69, 9.17) is 27.9 Å². The minimum absolute atomic E-state index is 0.0841. The maximum atomic E-state index is 6.17. The number of ether oxygens (including phenoxy) is 1. The Labute approximate surface area is 159 Å². The molecular formula is C16H15Cl2N7O. The first kappa shape index (κ1) is 17.0. The van der Waals surface area contributed by atoms with Crippen molar-refractivity contribution in [3.05, 3.63) is 40.6 Å². The SMILES string of the molecule is Clc1ccc(Cl)c(OC2CCN(c3ncc(-c4nn[nH]n4)cn3)CC2)c1. The molecule has 10 heteroatoms. The van der Waals surface area contributed by atoms with E-state index in [1.54, 1.807) is 30.6 Å². The summed E-state index contributed by atoms with van der Waals surface area (Å²) in [6.07, 6.45) is 5.17. The highest BCUT2D eigenvalue weighted by Crippen LogP contribution is 2.30. The fourth-order valence-electron chi connectivity index (χ4n) is 2.80. The molecule has 1 aliphatic rings. The van der Waals surface area contributed by atoms with Crippen LogP contribution in [-0.4, -0.2) is 49.8 Å². The van der Waals surface area contributed by atoms with Crippen LogP contribution >= 0.6 is 23.2 Å². The van der Waals surface area contributed by atoms with Gasteiger partial charge in [0, 0.05) is 49.4 Å². The molecule has 1 aliphatic heterocycles. The Morgan fingerprint density at radius 3 is 2.58 bits per heavy atom. The second kappa shape index (κ2) is 7.43. The number of anilines is 1. The number of aromatic amines is 1. The Balaban J connectivity index is 1.37. The van der Waals surface area contributed by atoms with Crippen LogP contribution in [0.5, 0.6) is 5.75 Å². The summed E-state index contributed by atoms with van der Waals surface area (Å²) in [5.41, 5.74) is 0.719. The van der Waals surface area contributed by atoms with Crippen LogP contribution in [0, 0.1) is 0 Å². The van der Waals surface area contributed by atoms with Crippen LogP contribution in [0.2, 0.25) is 10.0 Å². The van der Waals surface area contributed by atoms with Gasteiger partial charge in [0.2, 0.25) is 11.8 Å². The Bertz CT molecular complexity index is 865. The van der Waals surface area contributed by atoms with Gasteiger partial charge in [-0.2, -0.15) is 5.21 Å². The van der Waals surface area contributed by atoms with E-state index in [2.05, 4.69) is 35.5 Å². The highest BCUT2D eigenvalue weighted by atomic mass is 35.5. The van der Waals surface area contributed by atoms with E-state index in [0.717, 1.165) is 31.5 Å². The van der Waals surface area contributed by atoms with Crippen molar-refractivity contribution in [2.75, 3.05) is 18.0 Å². The van der Waals surface area contributed by atoms with Gasteiger partial charge >= 0.3 is 0 Å². The second-order valence-electron chi connectivity index (χ2n) is 5.89. The molecule has 0 spiro atoms. The van der Waals surface area contributed by atoms with Gasteiger partial charge in [-0.15, -0.1) is 10.2 Å². The van der Waals surface area contributed by atoms with E-state index in [1.165, 1.54) is 0 Å². The summed E-state index contributed by atoms with van der Waals surface area (Å²) >= 11 is 12.2. The van der Waals surface area contributed by atoms with Crippen molar-refractivity contribution in [1.29, 1.82) is 0 Å². The molecule has 8 nitrogen and oxygen atoms in total. The average molecular weight is 392 g/mol. The van der Waals surface area contributed by atoms with Crippen LogP contribution in [0.25, 0.3) is 11.4 Å². The highest BCUT2D eigenvalue weighted by Gasteiger charge is 2.23. The van der Waals surface area contributed by atoms with Gasteiger partial charge in [-0.1, -0.05) is 23.2 Å². The smallest absolute Gasteiger partial charge is 0.225 e. The van der Waals surface area contributed by atoms with E-state index in [0.29, 0.717) is 27.6 Å². The van der Waals surface area contributed by atoms with E-state index in [1.807, 2.05) is 0 Å². The summed E-state index contributed by atoms with van der Waals surface area (Å²) in [5.74, 6) is 1.77. The molecule has 1 aromatic carbocycles. The Morgan fingerprint density at radius 2 is 1.88 bits per heavy atom. The molecule has 0 aliphatic carbocycles. The fourth-order valence-corrected chi connectivity index (χ4v) is 3.13. The zero-order valence-corrected chi connectivity index (χ0v) is 15.2. The monoisotopic (exact) mass is 391 g/mol. The fraction of sp³-hybridized carbons (Fsp3) is 0.312. The molecular weight excluding hydrogens is 377 g/mol. The number of H-pyrrole nitrogens is 1. The molecule has 3 aromatic rings. The number of hydrogen-bond donors (Lipinski definition) is 1. The molecule has 0 radical (unpaired) electrons. The standard InChI is InChI=1S/C16H15Cl2N7O/c17-11-1-2-13(18)14(7-11)26-12-3-5-25(6-4-12)16-19-8-10(9-20-16)15-21-23-24-22-15/h1-2,7-9,12H,3-6H2,(H,21,22,23,24). The predicted octanol–water partition coefficient (Wildman–Crippen LogP) is 3.01. The van der Waals surface area contributed by atoms with Gasteiger partial charge in [0.05, 0.1) is 10.6 Å². The number of rotatable bonds is 4. The lowest BCUT2D eigenvalue weighted by molar-refractivity contribution is 0.170. The van der Waals surface area contributed by atoms with Gasteiger partial charge in [-0.05, 0) is 17.3 Å². The van der Waals surface area contributed by atoms with E-state index >= 15 is 0 Å². The van der Waals surface area contributed by atoms with Crippen molar-refractivity contribution < 1.29 is 4.74 Å². The average Bonchev–Trinajstić information content (AvgIpc) is 3.20. The molecule has 134 valence electrons. The molecule has 1 fully saturated rings. The number of aromatic nitrogens is 6. The number of tetrazole rings is 1. The summed E-state index contributed by atoms with van der Waals surface area (Å²) < 4.78 is 6.01. The van der Waals surface area contributed by atoms with Gasteiger partial charge in [-0.3, -0.25) is 0 Å². The third-order valence-corrected chi connectivity index (χ3v) is 4.70. The first-order valence-electron chi connectivity index (χ1n) is 8.11. The lowest BCUT2D eigenvalue weighted by Crippen LogP contribution is -2.39. The van der Waals surface area contributed by atoms with E-state index < -0.39 is 0 Å². The van der Waals surface area contributed by atoms with Crippen molar-refractivity contribution >= 4 is 29.2 Å². The Kier molecular flexibility index (Phi) is 4.85. The Morgan fingerprint density at radius 1 is 1.12 bits per heavy atom. The molecule has 1 saturated heterocycles. The van der Waals surface area contributed by atoms with Crippen LogP contribution < -0.4 is 9.64 Å². The third kappa shape index (κ3) is 3.71. The van der Waals surface area contributed by atoms with Gasteiger partial charge < -0.3 is 9.64 Å². The molecule has 26 heavy (non-hydrogen) atoms. The summed E-state index contributed by atoms with van der Waals surface area (Å²) in [7, 11) is 0. The molecule has 0 bridgehead atoms. The summed E-state index contributed by atoms with van der Waals surface area (Å²) in [6, 6.07) is 5.23. The molecule has 0 saturated carbocycles. The number of nitrogens with one attached hydrogen (secondary N) is 1. The molecule has 4 rings (SSSR count). The van der Waals surface area contributed by atoms with Crippen molar-refractivity contribution in [1.82, 2.24) is 30.6 Å². The van der Waals surface area contributed by atoms with Gasteiger partial charge in [0.1, 0.15) is 11.9 Å². The first-order valence-corrected chi connectivity index (χ1v) is 8.87. The maximum Gasteiger partial charge on any atom is 0.225 e. The van der Waals surface area contributed by atoms with Crippen LogP contribution in [0.3, 0.4) is 0 Å². The molecule has 0 amide bonds. The van der Waals surface area contributed by atoms with Crippen molar-refractivity contribution in [2.45, 2.75) is 18.9 Å². The van der Waals surface area contributed by atoms with Crippen LogP contribution in [0.15, 0.2) is 30.6 Å². The Hall–Kier alpha value is -2.45. The number of piperidine rings is 1. The quantitative estimate of drug-likeness (QED) is 0.730. The second-order valence-corrected chi connectivity index (χ2v) is 6.73. The number of halogens is 2. The maximum absolute atomic E-state index is 6.17. The molecule has 0 atom stereocenters. The third-order valence-electron chi connectivity index (χ3n) is 4.15. The summed E-state index contributed by atoms with van der Waals surface area (Å²) in [5, 5.41) is 14.9. The van der Waals surface area contributed by atoms with Crippen LogP contribution in [0.4, 0.5) is 5.95 Å². The van der Waals surface area contributed by atoms with Crippen LogP contribution in [-0.2, 0) is 0 Å². The molecule has 1 N–H and O–H groups in total. The molecule has 2 aromatic heterocycles. The van der Waals surface area contributed by atoms with Gasteiger partial charge in [0.15, 0.2) is 0 Å². The molecule has 3 heterocycles. The number of benzene rings is 1. The normalized spacial score (nSPS) is 15.2. The van der Waals surface area contributed by atoms with Crippen molar-refractivity contribution in [2.24, 2.45) is 0 Å². The van der Waals surface area contributed by atoms with Gasteiger partial charge in [-0.25, -0.2) is 9.97 Å². The minimum Gasteiger partial charge on any atom is -0.489 e. The largest absolute Gasteiger partial charge is 0.489 e. The van der Waals surface area contributed by atoms with Gasteiger partial charge in [0.25, 0.3) is 0 Å². The minimum atomic E-state index is 0.0841. The van der Waals surface area contributed by atoms with Crippen LogP contribution in [0.1, 0.15) is 12.8 Å². The van der Waals surface area contributed by atoms with E-state index in [-0.39, 0.29) is 6.10 Å². The lowest BCUT2D eigenvalue weighted by atomic mass is 10.1. The first-order chi connectivity index (χ1) is 12.7. The van der Waals surface area contributed by atoms with Crippen molar-refractivity contribution in [3.63, 3.8) is 0 Å². The van der Waals surface area contributed by atoms with Crippen molar-refractivity contribution in [3.8, 4) is 17.1 Å². The number of nitrogens with zero attached hydrogens (tertiary/aromatic N) is 6. The van der Waals surface area contributed by atoms with E-state index in [9.17, 15) is 0 Å². The molecule has 0 unspecified atom stereocenters. The predicted molar refractivity (Wildman–Crippen MR) is 97.5 cm³/mol. The zero-order valence-electron chi connectivity index (χ0n) is 13.6. The lowest BCUT2D eigenvalue weighted by Gasteiger charge is -2.32. The summed E-state index contributed by atoms with van der Waals surface area (Å²) in [4.78, 5) is 10.9. The zero-order chi connectivity index (χ0) is 17.9. The summed E-state index contributed by atoms with van der Waals surface area (Å²) in [6.45, 7) is 1.59. The highest BCUT2D eigenvalue weighted by molar-refractivity contribution is 6.34. The number of hydrogen-bond acceptors (Lipinski definition) is 7. The topological polar surface area (TPSA) is 92.7 Å².